The maximum absolute atomic E-state index is 11.1. The van der Waals surface area contributed by atoms with Gasteiger partial charge in [0, 0.05) is 28.0 Å². The van der Waals surface area contributed by atoms with Gasteiger partial charge in [0.15, 0.2) is 0 Å². The number of thiophene rings is 1. The first kappa shape index (κ1) is 13.3. The Morgan fingerprint density at radius 1 is 1.33 bits per heavy atom. The summed E-state index contributed by atoms with van der Waals surface area (Å²) in [6, 6.07) is 9.40. The van der Waals surface area contributed by atoms with Crippen molar-refractivity contribution in [2.75, 3.05) is 0 Å². The van der Waals surface area contributed by atoms with E-state index in [1.165, 1.54) is 4.88 Å². The highest BCUT2D eigenvalue weighted by Gasteiger charge is 2.03. The highest BCUT2D eigenvalue weighted by molar-refractivity contribution is 9.10. The van der Waals surface area contributed by atoms with Gasteiger partial charge in [0.25, 0.3) is 0 Å². The highest BCUT2D eigenvalue weighted by Crippen LogP contribution is 2.22. The maximum Gasteiger partial charge on any atom is 0.248 e. The summed E-state index contributed by atoms with van der Waals surface area (Å²) >= 11 is 5.20. The fraction of sp³-hybridized carbons (Fsp3) is 0.154. The van der Waals surface area contributed by atoms with Crippen LogP contribution < -0.4 is 11.1 Å². The van der Waals surface area contributed by atoms with E-state index in [1.54, 1.807) is 17.4 Å². The largest absolute Gasteiger partial charge is 0.366 e. The lowest BCUT2D eigenvalue weighted by Crippen LogP contribution is -2.14. The van der Waals surface area contributed by atoms with Gasteiger partial charge < -0.3 is 11.1 Å². The van der Waals surface area contributed by atoms with Crippen LogP contribution in [0.4, 0.5) is 0 Å². The molecule has 0 atom stereocenters. The van der Waals surface area contributed by atoms with Crippen LogP contribution in [-0.2, 0) is 13.1 Å². The first-order valence-corrected chi connectivity index (χ1v) is 7.15. The summed E-state index contributed by atoms with van der Waals surface area (Å²) in [5.41, 5.74) is 6.85. The van der Waals surface area contributed by atoms with Gasteiger partial charge in [0.05, 0.1) is 0 Å². The predicted octanol–water partition coefficient (Wildman–Crippen LogP) is 2.90. The van der Waals surface area contributed by atoms with E-state index in [2.05, 4.69) is 26.6 Å². The molecule has 5 heteroatoms. The van der Waals surface area contributed by atoms with Gasteiger partial charge in [-0.2, -0.15) is 0 Å². The van der Waals surface area contributed by atoms with Gasteiger partial charge >= 0.3 is 0 Å². The second-order valence-electron chi connectivity index (χ2n) is 3.86. The van der Waals surface area contributed by atoms with Gasteiger partial charge in [-0.3, -0.25) is 4.79 Å². The predicted molar refractivity (Wildman–Crippen MR) is 77.5 cm³/mol. The first-order valence-electron chi connectivity index (χ1n) is 5.48. The van der Waals surface area contributed by atoms with Crippen molar-refractivity contribution in [2.45, 2.75) is 13.1 Å². The summed E-state index contributed by atoms with van der Waals surface area (Å²) in [7, 11) is 0. The van der Waals surface area contributed by atoms with Crippen molar-refractivity contribution in [2.24, 2.45) is 5.73 Å². The van der Waals surface area contributed by atoms with E-state index in [0.29, 0.717) is 12.1 Å². The maximum atomic E-state index is 11.1. The number of benzene rings is 1. The second-order valence-corrected chi connectivity index (χ2v) is 5.71. The summed E-state index contributed by atoms with van der Waals surface area (Å²) < 4.78 is 1.13. The molecular formula is C13H13BrN2OS. The van der Waals surface area contributed by atoms with Crippen LogP contribution in [-0.4, -0.2) is 5.91 Å². The third kappa shape index (κ3) is 3.41. The molecule has 0 aliphatic heterocycles. The SMILES string of the molecule is NC(=O)c1cccc(CNCc2sccc2Br)c1. The molecule has 94 valence electrons. The van der Waals surface area contributed by atoms with Crippen LogP contribution in [0.15, 0.2) is 40.2 Å². The van der Waals surface area contributed by atoms with E-state index < -0.39 is 5.91 Å². The third-order valence-electron chi connectivity index (χ3n) is 2.52. The molecule has 1 aromatic carbocycles. The molecule has 0 aliphatic rings. The molecule has 2 aromatic rings. The standard InChI is InChI=1S/C13H13BrN2OS/c14-11-4-5-18-12(11)8-16-7-9-2-1-3-10(6-9)13(15)17/h1-6,16H,7-8H2,(H2,15,17). The highest BCUT2D eigenvalue weighted by atomic mass is 79.9. The molecule has 0 aliphatic carbocycles. The summed E-state index contributed by atoms with van der Waals surface area (Å²) in [6.45, 7) is 1.52. The molecule has 0 bridgehead atoms. The smallest absolute Gasteiger partial charge is 0.248 e. The monoisotopic (exact) mass is 324 g/mol. The van der Waals surface area contributed by atoms with E-state index in [9.17, 15) is 4.79 Å². The second kappa shape index (κ2) is 6.13. The fourth-order valence-electron chi connectivity index (χ4n) is 1.61. The molecule has 3 nitrogen and oxygen atoms in total. The quantitative estimate of drug-likeness (QED) is 0.888. The van der Waals surface area contributed by atoms with Crippen molar-refractivity contribution in [3.8, 4) is 0 Å². The van der Waals surface area contributed by atoms with Gasteiger partial charge in [0.1, 0.15) is 0 Å². The van der Waals surface area contributed by atoms with Crippen LogP contribution in [0.25, 0.3) is 0 Å². The molecule has 18 heavy (non-hydrogen) atoms. The molecule has 1 aromatic heterocycles. The minimum absolute atomic E-state index is 0.391. The summed E-state index contributed by atoms with van der Waals surface area (Å²) in [5, 5.41) is 5.39. The number of nitrogens with one attached hydrogen (secondary N) is 1. The van der Waals surface area contributed by atoms with Crippen LogP contribution in [0, 0.1) is 0 Å². The molecule has 0 saturated heterocycles. The molecule has 0 spiro atoms. The van der Waals surface area contributed by atoms with E-state index in [-0.39, 0.29) is 0 Å². The van der Waals surface area contributed by atoms with Crippen LogP contribution in [0.1, 0.15) is 20.8 Å². The Morgan fingerprint density at radius 2 is 2.17 bits per heavy atom. The Balaban J connectivity index is 1.92. The van der Waals surface area contributed by atoms with Gasteiger partial charge in [0.2, 0.25) is 5.91 Å². The zero-order chi connectivity index (χ0) is 13.0. The molecule has 0 saturated carbocycles. The Bertz CT molecular complexity index is 553. The Hall–Kier alpha value is -1.17. The minimum atomic E-state index is -0.391. The molecule has 0 unspecified atom stereocenters. The van der Waals surface area contributed by atoms with Gasteiger partial charge in [-0.05, 0) is 45.1 Å². The van der Waals surface area contributed by atoms with Crippen molar-refractivity contribution < 1.29 is 4.79 Å². The van der Waals surface area contributed by atoms with E-state index in [0.717, 1.165) is 16.6 Å². The third-order valence-corrected chi connectivity index (χ3v) is 4.44. The number of hydrogen-bond acceptors (Lipinski definition) is 3. The zero-order valence-electron chi connectivity index (χ0n) is 9.65. The number of carbonyl (C=O) groups excluding carboxylic acids is 1. The topological polar surface area (TPSA) is 55.1 Å². The van der Waals surface area contributed by atoms with Crippen molar-refractivity contribution in [3.05, 3.63) is 56.2 Å². The van der Waals surface area contributed by atoms with E-state index >= 15 is 0 Å². The minimum Gasteiger partial charge on any atom is -0.366 e. The summed E-state index contributed by atoms with van der Waals surface area (Å²) in [6.07, 6.45) is 0. The Kier molecular flexibility index (Phi) is 4.52. The van der Waals surface area contributed by atoms with Crippen LogP contribution in [0.3, 0.4) is 0 Å². The molecule has 2 rings (SSSR count). The number of primary amides is 1. The normalized spacial score (nSPS) is 10.5. The van der Waals surface area contributed by atoms with Crippen LogP contribution in [0.5, 0.6) is 0 Å². The molecule has 3 N–H and O–H groups in total. The first-order chi connectivity index (χ1) is 8.66. The number of nitrogens with two attached hydrogens (primary N) is 1. The number of halogens is 1. The zero-order valence-corrected chi connectivity index (χ0v) is 12.1. The van der Waals surface area contributed by atoms with E-state index in [1.807, 2.05) is 24.3 Å². The lowest BCUT2D eigenvalue weighted by molar-refractivity contribution is 0.1000. The van der Waals surface area contributed by atoms with Crippen molar-refractivity contribution >= 4 is 33.2 Å². The number of amides is 1. The van der Waals surface area contributed by atoms with Crippen molar-refractivity contribution in [1.82, 2.24) is 5.32 Å². The van der Waals surface area contributed by atoms with Gasteiger partial charge in [-0.15, -0.1) is 11.3 Å². The van der Waals surface area contributed by atoms with Crippen molar-refractivity contribution in [1.29, 1.82) is 0 Å². The number of carbonyl (C=O) groups is 1. The molecule has 0 fully saturated rings. The Morgan fingerprint density at radius 3 is 2.83 bits per heavy atom. The summed E-state index contributed by atoms with van der Waals surface area (Å²) in [5.74, 6) is -0.391. The fourth-order valence-corrected chi connectivity index (χ4v) is 3.07. The molecule has 1 amide bonds. The molecule has 0 radical (unpaired) electrons. The van der Waals surface area contributed by atoms with Crippen LogP contribution >= 0.6 is 27.3 Å². The molecular weight excluding hydrogens is 312 g/mol. The molecule has 1 heterocycles. The lowest BCUT2D eigenvalue weighted by atomic mass is 10.1. The van der Waals surface area contributed by atoms with Gasteiger partial charge in [-0.1, -0.05) is 12.1 Å². The summed E-state index contributed by atoms with van der Waals surface area (Å²) in [4.78, 5) is 12.3. The lowest BCUT2D eigenvalue weighted by Gasteiger charge is -2.05. The van der Waals surface area contributed by atoms with Gasteiger partial charge in [-0.25, -0.2) is 0 Å². The average Bonchev–Trinajstić information content (AvgIpc) is 2.76. The Labute approximate surface area is 118 Å². The van der Waals surface area contributed by atoms with Crippen molar-refractivity contribution in [3.63, 3.8) is 0 Å². The number of hydrogen-bond donors (Lipinski definition) is 2. The number of rotatable bonds is 5. The van der Waals surface area contributed by atoms with Crippen LogP contribution in [0.2, 0.25) is 0 Å². The average molecular weight is 325 g/mol. The van der Waals surface area contributed by atoms with E-state index in [4.69, 9.17) is 5.73 Å².